The molecule has 2 heterocycles. The summed E-state index contributed by atoms with van der Waals surface area (Å²) in [6.07, 6.45) is 1.83. The van der Waals surface area contributed by atoms with E-state index in [1.807, 2.05) is 61.1 Å². The van der Waals surface area contributed by atoms with Crippen LogP contribution in [0.15, 0.2) is 60.8 Å². The molecular weight excluding hydrogens is 376 g/mol. The van der Waals surface area contributed by atoms with E-state index in [0.29, 0.717) is 24.6 Å². The Morgan fingerprint density at radius 3 is 2.63 bits per heavy atom. The predicted molar refractivity (Wildman–Crippen MR) is 119 cm³/mol. The van der Waals surface area contributed by atoms with Gasteiger partial charge in [-0.3, -0.25) is 9.36 Å². The molecular formula is C23H24N6O. The summed E-state index contributed by atoms with van der Waals surface area (Å²) in [5.41, 5.74) is 9.96. The zero-order valence-corrected chi connectivity index (χ0v) is 17.0. The fraction of sp³-hybridized carbons (Fsp3) is 0.174. The van der Waals surface area contributed by atoms with E-state index in [1.165, 1.54) is 5.56 Å². The number of amides is 1. The zero-order chi connectivity index (χ0) is 21.1. The standard InChI is InChI=1S/C23H24N6O/c1-15-11-19-18(21(24)30)9-6-10-20(19)29(15)23-27-14-17(13-25-2)22(28-23)26-12-16-7-4-3-5-8-16/h3-11,14,25H,12-13H2,1-2H3,(H2,24,30)(H,26,27,28). The molecule has 0 fully saturated rings. The normalized spacial score (nSPS) is 11.0. The van der Waals surface area contributed by atoms with Crippen molar-refractivity contribution in [2.24, 2.45) is 5.73 Å². The molecule has 0 aliphatic rings. The maximum absolute atomic E-state index is 11.8. The first kappa shape index (κ1) is 19.6. The van der Waals surface area contributed by atoms with Crippen LogP contribution in [0, 0.1) is 6.92 Å². The van der Waals surface area contributed by atoms with E-state index in [-0.39, 0.29) is 0 Å². The van der Waals surface area contributed by atoms with E-state index in [2.05, 4.69) is 27.8 Å². The van der Waals surface area contributed by atoms with Gasteiger partial charge in [0.15, 0.2) is 0 Å². The molecule has 1 amide bonds. The highest BCUT2D eigenvalue weighted by Gasteiger charge is 2.16. The summed E-state index contributed by atoms with van der Waals surface area (Å²) in [7, 11) is 1.89. The number of fused-ring (bicyclic) bond motifs is 1. The van der Waals surface area contributed by atoms with Crippen LogP contribution in [0.5, 0.6) is 0 Å². The number of aromatic nitrogens is 3. The van der Waals surface area contributed by atoms with Crippen molar-refractivity contribution in [1.29, 1.82) is 0 Å². The third-order valence-corrected chi connectivity index (χ3v) is 5.02. The maximum Gasteiger partial charge on any atom is 0.249 e. The number of carbonyl (C=O) groups excluding carboxylic acids is 1. The number of nitrogens with one attached hydrogen (secondary N) is 2. The Hall–Kier alpha value is -3.71. The minimum atomic E-state index is -0.451. The van der Waals surface area contributed by atoms with Crippen molar-refractivity contribution in [3.05, 3.63) is 83.2 Å². The fourth-order valence-electron chi connectivity index (χ4n) is 3.60. The number of aryl methyl sites for hydroxylation is 1. The summed E-state index contributed by atoms with van der Waals surface area (Å²) in [6, 6.07) is 17.6. The lowest BCUT2D eigenvalue weighted by molar-refractivity contribution is 0.100. The third kappa shape index (κ3) is 3.75. The number of hydrogen-bond acceptors (Lipinski definition) is 5. The molecule has 152 valence electrons. The summed E-state index contributed by atoms with van der Waals surface area (Å²) in [5, 5.41) is 7.39. The molecule has 0 atom stereocenters. The average molecular weight is 400 g/mol. The van der Waals surface area contributed by atoms with E-state index in [9.17, 15) is 4.79 Å². The van der Waals surface area contributed by atoms with Crippen LogP contribution in [0.3, 0.4) is 0 Å². The lowest BCUT2D eigenvalue weighted by Gasteiger charge is -2.14. The molecule has 0 bridgehead atoms. The molecule has 2 aromatic carbocycles. The topological polar surface area (TPSA) is 97.9 Å². The predicted octanol–water partition coefficient (Wildman–Crippen LogP) is 3.16. The Balaban J connectivity index is 1.77. The van der Waals surface area contributed by atoms with Crippen molar-refractivity contribution >= 4 is 22.6 Å². The van der Waals surface area contributed by atoms with Crippen molar-refractivity contribution in [2.75, 3.05) is 12.4 Å². The molecule has 7 nitrogen and oxygen atoms in total. The van der Waals surface area contributed by atoms with Crippen molar-refractivity contribution in [3.8, 4) is 5.95 Å². The first-order valence-corrected chi connectivity index (χ1v) is 9.78. The summed E-state index contributed by atoms with van der Waals surface area (Å²) in [6.45, 7) is 3.27. The zero-order valence-electron chi connectivity index (χ0n) is 17.0. The van der Waals surface area contributed by atoms with E-state index in [0.717, 1.165) is 28.0 Å². The lowest BCUT2D eigenvalue weighted by atomic mass is 10.1. The Morgan fingerprint density at radius 2 is 1.90 bits per heavy atom. The van der Waals surface area contributed by atoms with Gasteiger partial charge in [0.2, 0.25) is 11.9 Å². The summed E-state index contributed by atoms with van der Waals surface area (Å²) < 4.78 is 1.94. The summed E-state index contributed by atoms with van der Waals surface area (Å²) >= 11 is 0. The van der Waals surface area contributed by atoms with Crippen LogP contribution in [0.4, 0.5) is 5.82 Å². The van der Waals surface area contributed by atoms with Crippen LogP contribution in [-0.2, 0) is 13.1 Å². The largest absolute Gasteiger partial charge is 0.366 e. The van der Waals surface area contributed by atoms with Gasteiger partial charge in [-0.1, -0.05) is 36.4 Å². The van der Waals surface area contributed by atoms with Crippen LogP contribution < -0.4 is 16.4 Å². The number of nitrogens with two attached hydrogens (primary N) is 1. The second-order valence-corrected chi connectivity index (χ2v) is 7.14. The van der Waals surface area contributed by atoms with Crippen molar-refractivity contribution in [2.45, 2.75) is 20.0 Å². The van der Waals surface area contributed by atoms with Crippen LogP contribution in [-0.4, -0.2) is 27.5 Å². The Kier molecular flexibility index (Phi) is 5.45. The maximum atomic E-state index is 11.8. The highest BCUT2D eigenvalue weighted by Crippen LogP contribution is 2.26. The minimum absolute atomic E-state index is 0.451. The van der Waals surface area contributed by atoms with Gasteiger partial charge >= 0.3 is 0 Å². The first-order chi connectivity index (χ1) is 14.6. The summed E-state index contributed by atoms with van der Waals surface area (Å²) in [5.74, 6) is 0.860. The molecule has 0 saturated heterocycles. The quantitative estimate of drug-likeness (QED) is 0.443. The van der Waals surface area contributed by atoms with E-state index >= 15 is 0 Å². The van der Waals surface area contributed by atoms with Crippen LogP contribution in [0.2, 0.25) is 0 Å². The number of anilines is 1. The van der Waals surface area contributed by atoms with Crippen molar-refractivity contribution < 1.29 is 4.79 Å². The van der Waals surface area contributed by atoms with Gasteiger partial charge in [0.1, 0.15) is 5.82 Å². The Bertz CT molecular complexity index is 1200. The van der Waals surface area contributed by atoms with Crippen molar-refractivity contribution in [1.82, 2.24) is 19.9 Å². The average Bonchev–Trinajstić information content (AvgIpc) is 3.09. The van der Waals surface area contributed by atoms with Crippen LogP contribution in [0.25, 0.3) is 16.9 Å². The molecule has 30 heavy (non-hydrogen) atoms. The molecule has 7 heteroatoms. The minimum Gasteiger partial charge on any atom is -0.366 e. The van der Waals surface area contributed by atoms with Gasteiger partial charge in [-0.15, -0.1) is 0 Å². The van der Waals surface area contributed by atoms with Crippen LogP contribution in [0.1, 0.15) is 27.2 Å². The van der Waals surface area contributed by atoms with Crippen molar-refractivity contribution in [3.63, 3.8) is 0 Å². The van der Waals surface area contributed by atoms with Gasteiger partial charge in [0.25, 0.3) is 0 Å². The van der Waals surface area contributed by atoms with E-state index in [1.54, 1.807) is 6.07 Å². The van der Waals surface area contributed by atoms with Gasteiger partial charge in [0.05, 0.1) is 5.52 Å². The van der Waals surface area contributed by atoms with Gasteiger partial charge in [-0.25, -0.2) is 4.98 Å². The SMILES string of the molecule is CNCc1cnc(-n2c(C)cc3c(C(N)=O)cccc32)nc1NCc1ccccc1. The molecule has 0 spiro atoms. The summed E-state index contributed by atoms with van der Waals surface area (Å²) in [4.78, 5) is 21.2. The van der Waals surface area contributed by atoms with Crippen LogP contribution >= 0.6 is 0 Å². The number of hydrogen-bond donors (Lipinski definition) is 3. The highest BCUT2D eigenvalue weighted by atomic mass is 16.1. The molecule has 4 aromatic rings. The van der Waals surface area contributed by atoms with Gasteiger partial charge in [-0.05, 0) is 37.7 Å². The number of benzene rings is 2. The monoisotopic (exact) mass is 400 g/mol. The second-order valence-electron chi connectivity index (χ2n) is 7.14. The van der Waals surface area contributed by atoms with Gasteiger partial charge in [-0.2, -0.15) is 4.98 Å². The molecule has 2 aromatic heterocycles. The number of nitrogens with zero attached hydrogens (tertiary/aromatic N) is 3. The molecule has 0 aliphatic heterocycles. The Labute approximate surface area is 175 Å². The van der Waals surface area contributed by atoms with E-state index < -0.39 is 5.91 Å². The first-order valence-electron chi connectivity index (χ1n) is 9.78. The molecule has 0 aliphatic carbocycles. The third-order valence-electron chi connectivity index (χ3n) is 5.02. The lowest BCUT2D eigenvalue weighted by Crippen LogP contribution is -2.14. The number of primary amides is 1. The van der Waals surface area contributed by atoms with E-state index in [4.69, 9.17) is 10.7 Å². The molecule has 0 saturated carbocycles. The highest BCUT2D eigenvalue weighted by molar-refractivity contribution is 6.06. The molecule has 0 unspecified atom stereocenters. The number of carbonyl (C=O) groups is 1. The molecule has 4 rings (SSSR count). The second kappa shape index (κ2) is 8.34. The fourth-order valence-corrected chi connectivity index (χ4v) is 3.60. The molecule has 0 radical (unpaired) electrons. The molecule has 4 N–H and O–H groups in total. The smallest absolute Gasteiger partial charge is 0.249 e. The van der Waals surface area contributed by atoms with Gasteiger partial charge in [0, 0.05) is 41.5 Å². The Morgan fingerprint density at radius 1 is 1.10 bits per heavy atom. The number of rotatable bonds is 7. The van der Waals surface area contributed by atoms with Gasteiger partial charge < -0.3 is 16.4 Å².